The minimum Gasteiger partial charge on any atom is -0.450 e. The van der Waals surface area contributed by atoms with E-state index in [9.17, 15) is 14.7 Å². The number of aliphatic hydroxyl groups excluding tert-OH is 1. The highest BCUT2D eigenvalue weighted by Crippen LogP contribution is 2.13. The molecule has 2 atom stereocenters. The van der Waals surface area contributed by atoms with Crippen LogP contribution in [0.1, 0.15) is 34.1 Å². The van der Waals surface area contributed by atoms with Crippen LogP contribution in [0, 0.1) is 5.92 Å². The van der Waals surface area contributed by atoms with Crippen LogP contribution in [0.2, 0.25) is 0 Å². The van der Waals surface area contributed by atoms with E-state index in [1.807, 2.05) is 13.0 Å². The molecule has 0 fully saturated rings. The quantitative estimate of drug-likeness (QED) is 0.618. The van der Waals surface area contributed by atoms with Crippen LogP contribution in [0.5, 0.6) is 0 Å². The highest BCUT2D eigenvalue weighted by Gasteiger charge is 2.24. The zero-order chi connectivity index (χ0) is 16.5. The van der Waals surface area contributed by atoms with Gasteiger partial charge in [0.25, 0.3) is 0 Å². The molecule has 0 aliphatic rings. The molecule has 0 aliphatic heterocycles. The van der Waals surface area contributed by atoms with Crippen LogP contribution >= 0.6 is 0 Å². The number of amides is 2. The van der Waals surface area contributed by atoms with Crippen LogP contribution < -0.4 is 11.1 Å². The Morgan fingerprint density at radius 2 is 2.00 bits per heavy atom. The van der Waals surface area contributed by atoms with E-state index < -0.39 is 23.8 Å². The SMILES string of the molecule is CC=CC(CCOC(N)=O)[C@@H](CO)NC(=O)OC(C)(C)C. The molecule has 0 bridgehead atoms. The van der Waals surface area contributed by atoms with Gasteiger partial charge in [-0.3, -0.25) is 0 Å². The van der Waals surface area contributed by atoms with Gasteiger partial charge < -0.3 is 25.6 Å². The van der Waals surface area contributed by atoms with E-state index in [1.54, 1.807) is 26.8 Å². The second kappa shape index (κ2) is 9.23. The first-order chi connectivity index (χ1) is 9.69. The highest BCUT2D eigenvalue weighted by atomic mass is 16.6. The van der Waals surface area contributed by atoms with Crippen LogP contribution in [-0.2, 0) is 9.47 Å². The first-order valence-electron chi connectivity index (χ1n) is 6.85. The highest BCUT2D eigenvalue weighted by molar-refractivity contribution is 5.68. The Kier molecular flexibility index (Phi) is 8.45. The van der Waals surface area contributed by atoms with E-state index in [1.165, 1.54) is 0 Å². The number of carbonyl (C=O) groups is 2. The predicted octanol–water partition coefficient (Wildman–Crippen LogP) is 1.55. The van der Waals surface area contributed by atoms with Crippen LogP contribution in [0.3, 0.4) is 0 Å². The van der Waals surface area contributed by atoms with Crippen molar-refractivity contribution in [3.05, 3.63) is 12.2 Å². The fourth-order valence-corrected chi connectivity index (χ4v) is 1.72. The van der Waals surface area contributed by atoms with Gasteiger partial charge in [0.05, 0.1) is 19.3 Å². The van der Waals surface area contributed by atoms with Gasteiger partial charge in [0.2, 0.25) is 0 Å². The third kappa shape index (κ3) is 9.73. The van der Waals surface area contributed by atoms with Crippen molar-refractivity contribution >= 4 is 12.2 Å². The summed E-state index contributed by atoms with van der Waals surface area (Å²) in [6.45, 7) is 6.94. The number of hydrogen-bond donors (Lipinski definition) is 3. The average molecular weight is 302 g/mol. The number of allylic oxidation sites excluding steroid dienone is 1. The second-order valence-electron chi connectivity index (χ2n) is 5.58. The summed E-state index contributed by atoms with van der Waals surface area (Å²) in [6.07, 6.45) is 2.59. The summed E-state index contributed by atoms with van der Waals surface area (Å²) in [4.78, 5) is 22.3. The van der Waals surface area contributed by atoms with Gasteiger partial charge >= 0.3 is 12.2 Å². The van der Waals surface area contributed by atoms with E-state index in [0.717, 1.165) is 0 Å². The van der Waals surface area contributed by atoms with E-state index in [-0.39, 0.29) is 19.1 Å². The molecule has 7 heteroatoms. The molecule has 0 radical (unpaired) electrons. The molecule has 0 saturated heterocycles. The van der Waals surface area contributed by atoms with Crippen LogP contribution in [0.4, 0.5) is 9.59 Å². The summed E-state index contributed by atoms with van der Waals surface area (Å²) >= 11 is 0. The van der Waals surface area contributed by atoms with Crippen LogP contribution in [0.15, 0.2) is 12.2 Å². The molecule has 0 heterocycles. The van der Waals surface area contributed by atoms with Gasteiger partial charge in [-0.05, 0) is 34.1 Å². The van der Waals surface area contributed by atoms with Gasteiger partial charge in [0, 0.05) is 5.92 Å². The number of rotatable bonds is 7. The topological polar surface area (TPSA) is 111 Å². The second-order valence-corrected chi connectivity index (χ2v) is 5.58. The monoisotopic (exact) mass is 302 g/mol. The van der Waals surface area contributed by atoms with Crippen molar-refractivity contribution in [2.24, 2.45) is 11.7 Å². The van der Waals surface area contributed by atoms with Gasteiger partial charge in [-0.25, -0.2) is 9.59 Å². The number of primary amides is 1. The van der Waals surface area contributed by atoms with Gasteiger partial charge in [-0.15, -0.1) is 0 Å². The van der Waals surface area contributed by atoms with Crippen molar-refractivity contribution in [3.8, 4) is 0 Å². The lowest BCUT2D eigenvalue weighted by Gasteiger charge is -2.26. The molecule has 1 unspecified atom stereocenters. The normalized spacial score (nSPS) is 14.5. The Labute approximate surface area is 125 Å². The average Bonchev–Trinajstić information content (AvgIpc) is 2.32. The number of nitrogens with two attached hydrogens (primary N) is 1. The predicted molar refractivity (Wildman–Crippen MR) is 78.7 cm³/mol. The fraction of sp³-hybridized carbons (Fsp3) is 0.714. The molecule has 21 heavy (non-hydrogen) atoms. The first-order valence-corrected chi connectivity index (χ1v) is 6.85. The van der Waals surface area contributed by atoms with Crippen molar-refractivity contribution in [1.29, 1.82) is 0 Å². The standard InChI is InChI=1S/C14H26N2O5/c1-5-6-10(7-8-20-12(15)18)11(9-17)16-13(19)21-14(2,3)4/h5-6,10-11,17H,7-9H2,1-4H3,(H2,15,18)(H,16,19)/t10?,11-/m1/s1. The molecule has 0 aliphatic carbocycles. The minimum atomic E-state index is -0.852. The summed E-state index contributed by atoms with van der Waals surface area (Å²) in [7, 11) is 0. The number of ether oxygens (including phenoxy) is 2. The maximum atomic E-state index is 11.7. The summed E-state index contributed by atoms with van der Waals surface area (Å²) in [5.41, 5.74) is 4.28. The van der Waals surface area contributed by atoms with Gasteiger partial charge in [-0.1, -0.05) is 12.2 Å². The lowest BCUT2D eigenvalue weighted by molar-refractivity contribution is 0.0456. The van der Waals surface area contributed by atoms with Crippen molar-refractivity contribution in [1.82, 2.24) is 5.32 Å². The number of aliphatic hydroxyl groups is 1. The van der Waals surface area contributed by atoms with Crippen molar-refractivity contribution in [2.75, 3.05) is 13.2 Å². The first kappa shape index (κ1) is 19.2. The molecule has 0 aromatic heterocycles. The smallest absolute Gasteiger partial charge is 0.407 e. The zero-order valence-corrected chi connectivity index (χ0v) is 13.1. The molecule has 0 aromatic carbocycles. The van der Waals surface area contributed by atoms with E-state index in [4.69, 9.17) is 10.5 Å². The maximum absolute atomic E-state index is 11.7. The Morgan fingerprint density at radius 3 is 2.43 bits per heavy atom. The minimum absolute atomic E-state index is 0.108. The number of nitrogens with one attached hydrogen (secondary N) is 1. The van der Waals surface area contributed by atoms with Gasteiger partial charge in [0.15, 0.2) is 0 Å². The number of carbonyl (C=O) groups excluding carboxylic acids is 2. The van der Waals surface area contributed by atoms with Crippen molar-refractivity contribution in [2.45, 2.75) is 45.8 Å². The lowest BCUT2D eigenvalue weighted by Crippen LogP contribution is -2.45. The molecule has 0 saturated carbocycles. The van der Waals surface area contributed by atoms with E-state index >= 15 is 0 Å². The number of hydrogen-bond acceptors (Lipinski definition) is 5. The van der Waals surface area contributed by atoms with Crippen LogP contribution in [0.25, 0.3) is 0 Å². The molecule has 0 aromatic rings. The largest absolute Gasteiger partial charge is 0.450 e. The molecule has 4 N–H and O–H groups in total. The summed E-state index contributed by atoms with van der Waals surface area (Å²) < 4.78 is 9.83. The van der Waals surface area contributed by atoms with Crippen molar-refractivity contribution < 1.29 is 24.2 Å². The Hall–Kier alpha value is -1.76. The third-order valence-electron chi connectivity index (χ3n) is 2.55. The lowest BCUT2D eigenvalue weighted by atomic mass is 9.96. The van der Waals surface area contributed by atoms with Crippen molar-refractivity contribution in [3.63, 3.8) is 0 Å². The molecule has 7 nitrogen and oxygen atoms in total. The molecule has 0 rings (SSSR count). The van der Waals surface area contributed by atoms with Crippen LogP contribution in [-0.4, -0.2) is 42.1 Å². The molecule has 122 valence electrons. The van der Waals surface area contributed by atoms with Gasteiger partial charge in [-0.2, -0.15) is 0 Å². The molecular formula is C14H26N2O5. The summed E-state index contributed by atoms with van der Waals surface area (Å²) in [6, 6.07) is -0.535. The summed E-state index contributed by atoms with van der Waals surface area (Å²) in [5.74, 6) is -0.202. The summed E-state index contributed by atoms with van der Waals surface area (Å²) in [5, 5.41) is 12.1. The Bertz CT molecular complexity index is 363. The fourth-order valence-electron chi connectivity index (χ4n) is 1.72. The Morgan fingerprint density at radius 1 is 1.38 bits per heavy atom. The zero-order valence-electron chi connectivity index (χ0n) is 13.1. The molecular weight excluding hydrogens is 276 g/mol. The van der Waals surface area contributed by atoms with E-state index in [0.29, 0.717) is 6.42 Å². The number of alkyl carbamates (subject to hydrolysis) is 1. The van der Waals surface area contributed by atoms with E-state index in [2.05, 4.69) is 10.1 Å². The molecule has 0 spiro atoms. The maximum Gasteiger partial charge on any atom is 0.407 e. The molecule has 2 amide bonds. The van der Waals surface area contributed by atoms with Gasteiger partial charge in [0.1, 0.15) is 5.60 Å². The Balaban J connectivity index is 4.59. The third-order valence-corrected chi connectivity index (χ3v) is 2.55.